The third kappa shape index (κ3) is 6.96. The van der Waals surface area contributed by atoms with E-state index in [1.165, 1.54) is 5.57 Å². The Morgan fingerprint density at radius 1 is 0.836 bits per heavy atom. The van der Waals surface area contributed by atoms with Gasteiger partial charge in [0.1, 0.15) is 66.1 Å². The van der Waals surface area contributed by atoms with Crippen molar-refractivity contribution in [3.05, 3.63) is 35.4 Å². The lowest BCUT2D eigenvalue weighted by Crippen LogP contribution is -2.65. The van der Waals surface area contributed by atoms with Crippen molar-refractivity contribution in [2.45, 2.75) is 139 Å². The summed E-state index contributed by atoms with van der Waals surface area (Å²) in [6.07, 6.45) is -6.96. The summed E-state index contributed by atoms with van der Waals surface area (Å²) in [4.78, 5) is 13.5. The van der Waals surface area contributed by atoms with E-state index in [2.05, 4.69) is 19.9 Å². The number of rotatable bonds is 10. The van der Waals surface area contributed by atoms with Crippen molar-refractivity contribution >= 4 is 5.78 Å². The van der Waals surface area contributed by atoms with Crippen molar-refractivity contribution in [2.24, 2.45) is 34.5 Å². The molecule has 0 amide bonds. The van der Waals surface area contributed by atoms with Gasteiger partial charge < -0.3 is 64.2 Å². The van der Waals surface area contributed by atoms with Gasteiger partial charge in [0.05, 0.1) is 33.5 Å². The van der Waals surface area contributed by atoms with E-state index in [1.54, 1.807) is 21.1 Å². The number of hydrogen-bond donors (Lipinski definition) is 7. The van der Waals surface area contributed by atoms with Gasteiger partial charge in [0.15, 0.2) is 12.6 Å². The zero-order valence-corrected chi connectivity index (χ0v) is 32.4. The minimum absolute atomic E-state index is 0.0286. The molecule has 1 aromatic rings. The Hall–Kier alpha value is -2.21. The van der Waals surface area contributed by atoms with Crippen molar-refractivity contribution < 1.29 is 69.0 Å². The van der Waals surface area contributed by atoms with E-state index in [-0.39, 0.29) is 34.6 Å². The lowest BCUT2D eigenvalue weighted by Gasteiger charge is -2.58. The Morgan fingerprint density at radius 3 is 2.20 bits per heavy atom. The van der Waals surface area contributed by atoms with Crippen LogP contribution in [0.4, 0.5) is 0 Å². The molecule has 0 bridgehead atoms. The Bertz CT molecular complexity index is 1570. The van der Waals surface area contributed by atoms with Gasteiger partial charge in [0.25, 0.3) is 0 Å². The Balaban J connectivity index is 1.04. The number of aliphatic hydroxyl groups is 7. The highest BCUT2D eigenvalue weighted by Crippen LogP contribution is 2.69. The molecule has 2 aliphatic heterocycles. The second-order valence-corrected chi connectivity index (χ2v) is 17.3. The summed E-state index contributed by atoms with van der Waals surface area (Å²) in [5, 5.41) is 72.9. The summed E-state index contributed by atoms with van der Waals surface area (Å²) in [6, 6.07) is 5.88. The van der Waals surface area contributed by atoms with E-state index in [0.717, 1.165) is 49.2 Å². The summed E-state index contributed by atoms with van der Waals surface area (Å²) < 4.78 is 34.9. The van der Waals surface area contributed by atoms with Gasteiger partial charge in [-0.05, 0) is 105 Å². The van der Waals surface area contributed by atoms with E-state index in [0.29, 0.717) is 30.6 Å². The highest BCUT2D eigenvalue weighted by molar-refractivity contribution is 5.81. The quantitative estimate of drug-likeness (QED) is 0.168. The molecule has 7 N–H and O–H groups in total. The number of carbonyl (C=O) groups is 1. The van der Waals surface area contributed by atoms with Crippen molar-refractivity contribution in [2.75, 3.05) is 27.4 Å². The van der Waals surface area contributed by atoms with E-state index in [4.69, 9.17) is 28.4 Å². The van der Waals surface area contributed by atoms with E-state index < -0.39 is 74.6 Å². The van der Waals surface area contributed by atoms with Crippen LogP contribution in [0.3, 0.4) is 0 Å². The van der Waals surface area contributed by atoms with Crippen molar-refractivity contribution in [3.8, 4) is 11.5 Å². The predicted octanol–water partition coefficient (Wildman–Crippen LogP) is 1.57. The zero-order chi connectivity index (χ0) is 39.6. The molecular formula is C41H60O14. The molecule has 1 aromatic carbocycles. The molecule has 2 saturated heterocycles. The summed E-state index contributed by atoms with van der Waals surface area (Å²) in [5.74, 6) is 2.87. The maximum atomic E-state index is 13.5. The third-order valence-corrected chi connectivity index (χ3v) is 14.7. The zero-order valence-electron chi connectivity index (χ0n) is 32.4. The van der Waals surface area contributed by atoms with Crippen LogP contribution in [0.15, 0.2) is 29.8 Å². The number of ketones is 1. The molecule has 5 fully saturated rings. The van der Waals surface area contributed by atoms with Crippen LogP contribution in [0.1, 0.15) is 77.2 Å². The summed E-state index contributed by atoms with van der Waals surface area (Å²) in [7, 11) is 3.33. The largest absolute Gasteiger partial charge is 0.497 e. The molecule has 2 heterocycles. The fourth-order valence-corrected chi connectivity index (χ4v) is 11.8. The fraction of sp³-hybridized carbons (Fsp3) is 0.780. The molecule has 0 spiro atoms. The SMILES string of the molecule is COc1ccc(OC)c([C@@H]2C[C@H]3[C@@H]4CC=C5C[C@@H](O[C@@H]6O[C@H](CO)[C@@H](O[C@@H]7O[C@H](CO)[C@H](O)[C@H](O)[C@H]7O)[C@H](O)[C@H]6O)CC[C@]5(C)[C@H]4CC[C@]3(C)[C@H]2C(C)=O)c1. The first-order valence-corrected chi connectivity index (χ1v) is 19.9. The van der Waals surface area contributed by atoms with Gasteiger partial charge >= 0.3 is 0 Å². The Morgan fingerprint density at radius 2 is 1.53 bits per heavy atom. The molecule has 55 heavy (non-hydrogen) atoms. The van der Waals surface area contributed by atoms with Gasteiger partial charge in [0, 0.05) is 11.5 Å². The molecule has 6 aliphatic rings. The molecule has 7 rings (SSSR count). The van der Waals surface area contributed by atoms with Crippen molar-refractivity contribution in [1.29, 1.82) is 0 Å². The Kier molecular flexibility index (Phi) is 11.8. The molecule has 0 radical (unpaired) electrons. The first kappa shape index (κ1) is 41.0. The standard InChI is InChI=1S/C41H60O14/c1-19(44)31-25(24-15-21(50-4)7-9-28(24)51-5)16-27-23-8-6-20-14-22(10-12-40(20,2)26(23)11-13-41(27,31)3)52-38-36(49)34(47)37(30(18-43)54-38)55-39-35(48)33(46)32(45)29(17-42)53-39/h6-7,9,15,22-23,25-27,29-39,42-43,45-49H,8,10-14,16-18H2,1-5H3/t22-,23+,25-,26-,27-,29+,30+,31-,32-,33-,34+,35+,36+,37+,38+,39-,40-,41-/m0/s1. The van der Waals surface area contributed by atoms with E-state index >= 15 is 0 Å². The van der Waals surface area contributed by atoms with Crippen molar-refractivity contribution in [3.63, 3.8) is 0 Å². The average Bonchev–Trinajstić information content (AvgIpc) is 3.50. The molecule has 18 atom stereocenters. The number of carbonyl (C=O) groups excluding carboxylic acids is 1. The summed E-state index contributed by atoms with van der Waals surface area (Å²) >= 11 is 0. The van der Waals surface area contributed by atoms with Gasteiger partial charge in [-0.15, -0.1) is 0 Å². The van der Waals surface area contributed by atoms with Gasteiger partial charge in [-0.25, -0.2) is 0 Å². The normalized spacial score (nSPS) is 46.9. The molecule has 308 valence electrons. The first-order chi connectivity index (χ1) is 26.2. The highest BCUT2D eigenvalue weighted by Gasteiger charge is 2.63. The van der Waals surface area contributed by atoms with Gasteiger partial charge in [0.2, 0.25) is 0 Å². The molecule has 0 aromatic heterocycles. The van der Waals surface area contributed by atoms with Crippen LogP contribution in [0, 0.1) is 34.5 Å². The summed E-state index contributed by atoms with van der Waals surface area (Å²) in [6.45, 7) is 5.15. The summed E-state index contributed by atoms with van der Waals surface area (Å²) in [5.41, 5.74) is 2.15. The lowest BCUT2D eigenvalue weighted by molar-refractivity contribution is -0.363. The number of aliphatic hydroxyl groups excluding tert-OH is 7. The van der Waals surface area contributed by atoms with Crippen LogP contribution in [-0.2, 0) is 23.7 Å². The number of hydrogen-bond acceptors (Lipinski definition) is 14. The minimum atomic E-state index is -1.74. The molecule has 0 unspecified atom stereocenters. The van der Waals surface area contributed by atoms with E-state index in [9.17, 15) is 40.5 Å². The second kappa shape index (κ2) is 15.9. The number of fused-ring (bicyclic) bond motifs is 5. The third-order valence-electron chi connectivity index (χ3n) is 14.7. The van der Waals surface area contributed by atoms with Crippen LogP contribution >= 0.6 is 0 Å². The van der Waals surface area contributed by atoms with Gasteiger partial charge in [-0.3, -0.25) is 4.79 Å². The minimum Gasteiger partial charge on any atom is -0.497 e. The van der Waals surface area contributed by atoms with Crippen LogP contribution in [0.25, 0.3) is 0 Å². The molecular weight excluding hydrogens is 716 g/mol. The number of methoxy groups -OCH3 is 2. The number of Topliss-reactive ketones (excluding diaryl/α,β-unsaturated/α-hetero) is 1. The van der Waals surface area contributed by atoms with Crippen LogP contribution in [0.2, 0.25) is 0 Å². The van der Waals surface area contributed by atoms with E-state index in [1.807, 2.05) is 18.2 Å². The van der Waals surface area contributed by atoms with Crippen LogP contribution in [0.5, 0.6) is 11.5 Å². The number of ether oxygens (including phenoxy) is 6. The predicted molar refractivity (Wildman–Crippen MR) is 195 cm³/mol. The monoisotopic (exact) mass is 776 g/mol. The maximum absolute atomic E-state index is 13.5. The highest BCUT2D eigenvalue weighted by atomic mass is 16.7. The maximum Gasteiger partial charge on any atom is 0.187 e. The molecule has 14 heteroatoms. The second-order valence-electron chi connectivity index (χ2n) is 17.3. The van der Waals surface area contributed by atoms with Gasteiger partial charge in [-0.1, -0.05) is 25.5 Å². The smallest absolute Gasteiger partial charge is 0.187 e. The van der Waals surface area contributed by atoms with Crippen molar-refractivity contribution in [1.82, 2.24) is 0 Å². The first-order valence-electron chi connectivity index (χ1n) is 19.9. The number of benzene rings is 1. The van der Waals surface area contributed by atoms with Gasteiger partial charge in [-0.2, -0.15) is 0 Å². The topological polar surface area (TPSA) is 214 Å². The average molecular weight is 777 g/mol. The molecule has 3 saturated carbocycles. The molecule has 14 nitrogen and oxygen atoms in total. The van der Waals surface area contributed by atoms with Crippen LogP contribution in [-0.4, -0.2) is 136 Å². The van der Waals surface area contributed by atoms with Crippen LogP contribution < -0.4 is 9.47 Å². The fourth-order valence-electron chi connectivity index (χ4n) is 11.8. The number of allylic oxidation sites excluding steroid dienone is 1. The molecule has 4 aliphatic carbocycles. The lowest BCUT2D eigenvalue weighted by atomic mass is 9.47. The Labute approximate surface area is 322 Å².